The van der Waals surface area contributed by atoms with Crippen LogP contribution >= 0.6 is 0 Å². The maximum atomic E-state index is 13.3. The van der Waals surface area contributed by atoms with Crippen LogP contribution in [-0.4, -0.2) is 86.7 Å². The van der Waals surface area contributed by atoms with E-state index in [1.807, 2.05) is 7.11 Å². The first-order valence-electron chi connectivity index (χ1n) is 14.4. The van der Waals surface area contributed by atoms with Crippen LogP contribution in [0.3, 0.4) is 0 Å². The zero-order chi connectivity index (χ0) is 25.2. The summed E-state index contributed by atoms with van der Waals surface area (Å²) in [7, 11) is 6.16. The molecule has 3 rings (SSSR count). The van der Waals surface area contributed by atoms with Crippen molar-refractivity contribution in [1.82, 2.24) is 15.5 Å². The van der Waals surface area contributed by atoms with Gasteiger partial charge in [0.1, 0.15) is 0 Å². The van der Waals surface area contributed by atoms with Gasteiger partial charge in [-0.1, -0.05) is 19.3 Å². The Morgan fingerprint density at radius 2 is 1.77 bits per heavy atom. The Balaban J connectivity index is 1.58. The number of nitrogens with zero attached hydrogens (tertiary/aromatic N) is 1. The summed E-state index contributed by atoms with van der Waals surface area (Å²) in [6.07, 6.45) is 12.6. The summed E-state index contributed by atoms with van der Waals surface area (Å²) >= 11 is 0. The molecular weight excluding hydrogens is 442 g/mol. The van der Waals surface area contributed by atoms with Gasteiger partial charge in [-0.3, -0.25) is 4.79 Å². The lowest BCUT2D eigenvalue weighted by Crippen LogP contribution is -2.49. The molecule has 0 bridgehead atoms. The monoisotopic (exact) mass is 495 g/mol. The minimum Gasteiger partial charge on any atom is -0.396 e. The van der Waals surface area contributed by atoms with E-state index in [9.17, 15) is 9.90 Å². The summed E-state index contributed by atoms with van der Waals surface area (Å²) < 4.78 is 6.13. The third-order valence-electron chi connectivity index (χ3n) is 9.30. The Morgan fingerprint density at radius 1 is 1.00 bits per heavy atom. The van der Waals surface area contributed by atoms with Gasteiger partial charge in [-0.25, -0.2) is 0 Å². The highest BCUT2D eigenvalue weighted by Crippen LogP contribution is 2.44. The number of methoxy groups -OCH3 is 1. The van der Waals surface area contributed by atoms with Gasteiger partial charge in [0.25, 0.3) is 0 Å². The van der Waals surface area contributed by atoms with Crippen LogP contribution in [0.15, 0.2) is 0 Å². The van der Waals surface area contributed by atoms with Crippen LogP contribution in [0.25, 0.3) is 0 Å². The first kappa shape index (κ1) is 28.8. The summed E-state index contributed by atoms with van der Waals surface area (Å²) in [4.78, 5) is 15.6. The average Bonchev–Trinajstić information content (AvgIpc) is 2.87. The van der Waals surface area contributed by atoms with Gasteiger partial charge in [-0.05, 0) is 102 Å². The Morgan fingerprint density at radius 3 is 2.49 bits per heavy atom. The molecule has 4 N–H and O–H groups in total. The van der Waals surface area contributed by atoms with Crippen molar-refractivity contribution in [2.45, 2.75) is 95.3 Å². The van der Waals surface area contributed by atoms with Crippen molar-refractivity contribution in [2.75, 3.05) is 47.4 Å². The average molecular weight is 496 g/mol. The van der Waals surface area contributed by atoms with Gasteiger partial charge in [0.15, 0.2) is 0 Å². The number of carbonyl (C=O) groups is 1. The summed E-state index contributed by atoms with van der Waals surface area (Å²) in [5.74, 6) is 2.08. The predicted molar refractivity (Wildman–Crippen MR) is 140 cm³/mol. The maximum absolute atomic E-state index is 13.3. The number of rotatable bonds is 12. The highest BCUT2D eigenvalue weighted by molar-refractivity contribution is 5.78. The van der Waals surface area contributed by atoms with E-state index in [0.29, 0.717) is 36.3 Å². The molecule has 3 saturated carbocycles. The molecule has 0 aromatic rings. The molecule has 7 heteroatoms. The molecule has 204 valence electrons. The van der Waals surface area contributed by atoms with Crippen molar-refractivity contribution in [1.29, 1.82) is 0 Å². The van der Waals surface area contributed by atoms with Gasteiger partial charge in [-0.2, -0.15) is 0 Å². The fourth-order valence-corrected chi connectivity index (χ4v) is 7.24. The van der Waals surface area contributed by atoms with Crippen LogP contribution in [-0.2, 0) is 9.53 Å². The smallest absolute Gasteiger partial charge is 0.223 e. The normalized spacial score (nSPS) is 36.3. The number of hydrogen-bond acceptors (Lipinski definition) is 6. The highest BCUT2D eigenvalue weighted by Gasteiger charge is 2.43. The van der Waals surface area contributed by atoms with Gasteiger partial charge in [0, 0.05) is 38.8 Å². The highest BCUT2D eigenvalue weighted by atomic mass is 16.5. The van der Waals surface area contributed by atoms with Gasteiger partial charge < -0.3 is 30.5 Å². The molecule has 35 heavy (non-hydrogen) atoms. The number of ether oxygens (including phenoxy) is 1. The minimum absolute atomic E-state index is 0.0537. The molecule has 7 nitrogen and oxygen atoms in total. The Hall–Kier alpha value is -0.730. The van der Waals surface area contributed by atoms with Crippen LogP contribution < -0.4 is 10.6 Å². The minimum atomic E-state index is -0.193. The summed E-state index contributed by atoms with van der Waals surface area (Å²) in [5.41, 5.74) is 0. The second-order valence-electron chi connectivity index (χ2n) is 11.8. The molecule has 0 spiro atoms. The van der Waals surface area contributed by atoms with Crippen molar-refractivity contribution < 1.29 is 19.7 Å². The zero-order valence-electron chi connectivity index (χ0n) is 22.6. The second kappa shape index (κ2) is 14.9. The van der Waals surface area contributed by atoms with E-state index in [4.69, 9.17) is 9.84 Å². The fraction of sp³-hybridized carbons (Fsp3) is 0.964. The molecular formula is C28H53N3O4. The molecule has 3 aliphatic rings. The summed E-state index contributed by atoms with van der Waals surface area (Å²) in [6, 6.07) is 0.422. The van der Waals surface area contributed by atoms with Crippen LogP contribution in [0.5, 0.6) is 0 Å². The van der Waals surface area contributed by atoms with E-state index >= 15 is 0 Å². The van der Waals surface area contributed by atoms with Gasteiger partial charge in [0.2, 0.25) is 5.91 Å². The van der Waals surface area contributed by atoms with E-state index < -0.39 is 0 Å². The van der Waals surface area contributed by atoms with Crippen molar-refractivity contribution >= 4 is 5.91 Å². The Bertz CT molecular complexity index is 619. The topological polar surface area (TPSA) is 94.1 Å². The lowest BCUT2D eigenvalue weighted by atomic mass is 9.65. The lowest BCUT2D eigenvalue weighted by Gasteiger charge is -2.46. The predicted octanol–water partition coefficient (Wildman–Crippen LogP) is 2.79. The fourth-order valence-electron chi connectivity index (χ4n) is 7.24. The number of aliphatic hydroxyl groups is 2. The van der Waals surface area contributed by atoms with E-state index in [0.717, 1.165) is 64.5 Å². The molecule has 0 aromatic heterocycles. The molecule has 0 saturated heterocycles. The van der Waals surface area contributed by atoms with Crippen molar-refractivity contribution in [3.63, 3.8) is 0 Å². The quantitative estimate of drug-likeness (QED) is 0.311. The van der Waals surface area contributed by atoms with Gasteiger partial charge in [-0.15, -0.1) is 0 Å². The van der Waals surface area contributed by atoms with E-state index in [1.54, 1.807) is 0 Å². The molecule has 0 aromatic carbocycles. The van der Waals surface area contributed by atoms with E-state index in [1.165, 1.54) is 25.7 Å². The van der Waals surface area contributed by atoms with Crippen molar-refractivity contribution in [3.05, 3.63) is 0 Å². The molecule has 3 aliphatic carbocycles. The standard InChI is InChI=1S/C28H53N3O4/c1-31(2)24-17-22(25-10-6-9-21(27(25)35-3)19-29-13-7-15-32)16-23(18-24)28(34)30-14-12-20-8-4-5-11-26(20)33/h20-27,29,32-33H,4-19H2,1-3H3,(H,30,34). The Kier molecular flexibility index (Phi) is 12.3. The van der Waals surface area contributed by atoms with Crippen molar-refractivity contribution in [2.24, 2.45) is 29.6 Å². The van der Waals surface area contributed by atoms with Crippen LogP contribution in [0, 0.1) is 29.6 Å². The molecule has 1 amide bonds. The van der Waals surface area contributed by atoms with Crippen LogP contribution in [0.2, 0.25) is 0 Å². The van der Waals surface area contributed by atoms with Crippen LogP contribution in [0.4, 0.5) is 0 Å². The van der Waals surface area contributed by atoms with E-state index in [2.05, 4.69) is 29.6 Å². The molecule has 3 fully saturated rings. The SMILES string of the molecule is COC1C(CNCCCO)CCCC1C1CC(C(=O)NCCC2CCCCC2O)CC(N(C)C)C1. The summed E-state index contributed by atoms with van der Waals surface area (Å²) in [6.45, 7) is 2.70. The molecule has 0 radical (unpaired) electrons. The number of amides is 1. The first-order valence-corrected chi connectivity index (χ1v) is 14.4. The van der Waals surface area contributed by atoms with Gasteiger partial charge >= 0.3 is 0 Å². The number of carbonyl (C=O) groups excluding carboxylic acids is 1. The first-order chi connectivity index (χ1) is 16.9. The third kappa shape index (κ3) is 8.39. The largest absolute Gasteiger partial charge is 0.396 e. The van der Waals surface area contributed by atoms with E-state index in [-0.39, 0.29) is 30.6 Å². The zero-order valence-corrected chi connectivity index (χ0v) is 22.6. The molecule has 8 unspecified atom stereocenters. The Labute approximate surface area is 213 Å². The second-order valence-corrected chi connectivity index (χ2v) is 11.8. The van der Waals surface area contributed by atoms with Crippen LogP contribution in [0.1, 0.15) is 77.0 Å². The number of aliphatic hydroxyl groups excluding tert-OH is 2. The molecule has 8 atom stereocenters. The van der Waals surface area contributed by atoms with Gasteiger partial charge in [0.05, 0.1) is 12.2 Å². The maximum Gasteiger partial charge on any atom is 0.223 e. The molecule has 0 aliphatic heterocycles. The summed E-state index contributed by atoms with van der Waals surface area (Å²) in [5, 5.41) is 26.1. The van der Waals surface area contributed by atoms with Crippen molar-refractivity contribution in [3.8, 4) is 0 Å². The molecule has 0 heterocycles. The lowest BCUT2D eigenvalue weighted by molar-refractivity contribution is -0.129. The number of nitrogens with one attached hydrogen (secondary N) is 2. The third-order valence-corrected chi connectivity index (χ3v) is 9.30. The number of hydrogen-bond donors (Lipinski definition) is 4.